The van der Waals surface area contributed by atoms with Gasteiger partial charge in [0.1, 0.15) is 6.04 Å². The largest absolute Gasteiger partial charge is 0.464 e. The van der Waals surface area contributed by atoms with Crippen molar-refractivity contribution >= 4 is 11.9 Å². The third-order valence-electron chi connectivity index (χ3n) is 3.99. The molecule has 2 rings (SSSR count). The molecule has 1 saturated heterocycles. The van der Waals surface area contributed by atoms with E-state index in [9.17, 15) is 9.59 Å². The Hall–Kier alpha value is -1.84. The molecule has 4 heteroatoms. The number of nitrogens with one attached hydrogen (secondary N) is 1. The monoisotopic (exact) mass is 275 g/mol. The van der Waals surface area contributed by atoms with Gasteiger partial charge in [-0.05, 0) is 31.9 Å². The van der Waals surface area contributed by atoms with Gasteiger partial charge in [-0.3, -0.25) is 4.79 Å². The van der Waals surface area contributed by atoms with Crippen LogP contribution in [0.4, 0.5) is 0 Å². The van der Waals surface area contributed by atoms with Crippen LogP contribution >= 0.6 is 0 Å². The van der Waals surface area contributed by atoms with Gasteiger partial charge in [0.25, 0.3) is 0 Å². The van der Waals surface area contributed by atoms with Crippen LogP contribution in [0, 0.1) is 13.8 Å². The van der Waals surface area contributed by atoms with Gasteiger partial charge in [0.05, 0.1) is 6.61 Å². The van der Waals surface area contributed by atoms with Crippen LogP contribution in [0.25, 0.3) is 0 Å². The van der Waals surface area contributed by atoms with Crippen molar-refractivity contribution in [3.63, 3.8) is 0 Å². The summed E-state index contributed by atoms with van der Waals surface area (Å²) >= 11 is 0. The lowest BCUT2D eigenvalue weighted by atomic mass is 9.74. The van der Waals surface area contributed by atoms with E-state index in [1.54, 1.807) is 6.92 Å². The van der Waals surface area contributed by atoms with E-state index in [2.05, 4.69) is 11.4 Å². The van der Waals surface area contributed by atoms with E-state index in [-0.39, 0.29) is 11.9 Å². The number of benzene rings is 1. The minimum atomic E-state index is -0.614. The Balaban J connectivity index is 2.44. The maximum atomic E-state index is 12.1. The van der Waals surface area contributed by atoms with E-state index in [0.29, 0.717) is 13.0 Å². The Bertz CT molecular complexity index is 553. The van der Waals surface area contributed by atoms with Crippen LogP contribution in [0.1, 0.15) is 37.0 Å². The Morgan fingerprint density at radius 2 is 2.15 bits per heavy atom. The highest BCUT2D eigenvalue weighted by Gasteiger charge is 2.49. The summed E-state index contributed by atoms with van der Waals surface area (Å²) < 4.78 is 5.10. The van der Waals surface area contributed by atoms with Crippen LogP contribution in [-0.2, 0) is 19.7 Å². The normalized spacial score (nSPS) is 25.4. The van der Waals surface area contributed by atoms with Crippen molar-refractivity contribution < 1.29 is 14.3 Å². The summed E-state index contributed by atoms with van der Waals surface area (Å²) in [7, 11) is 0. The Morgan fingerprint density at radius 1 is 1.45 bits per heavy atom. The van der Waals surface area contributed by atoms with Gasteiger partial charge in [0.15, 0.2) is 0 Å². The number of carbonyl (C=O) groups is 2. The fraction of sp³-hybridized carbons (Fsp3) is 0.500. The van der Waals surface area contributed by atoms with E-state index >= 15 is 0 Å². The van der Waals surface area contributed by atoms with Crippen LogP contribution in [0.15, 0.2) is 18.2 Å². The number of hydrogen-bond acceptors (Lipinski definition) is 3. The van der Waals surface area contributed by atoms with E-state index in [1.807, 2.05) is 32.9 Å². The fourth-order valence-corrected chi connectivity index (χ4v) is 3.06. The second kappa shape index (κ2) is 5.27. The minimum absolute atomic E-state index is 0.106. The van der Waals surface area contributed by atoms with Gasteiger partial charge >= 0.3 is 5.97 Å². The molecule has 0 bridgehead atoms. The van der Waals surface area contributed by atoms with E-state index < -0.39 is 11.5 Å². The van der Waals surface area contributed by atoms with Gasteiger partial charge in [0, 0.05) is 11.8 Å². The van der Waals surface area contributed by atoms with E-state index in [0.717, 1.165) is 11.1 Å². The van der Waals surface area contributed by atoms with Crippen LogP contribution in [0.5, 0.6) is 0 Å². The van der Waals surface area contributed by atoms with Crippen molar-refractivity contribution in [1.29, 1.82) is 0 Å². The molecule has 0 spiro atoms. The zero-order valence-electron chi connectivity index (χ0n) is 12.4. The van der Waals surface area contributed by atoms with Crippen molar-refractivity contribution in [2.24, 2.45) is 0 Å². The van der Waals surface area contributed by atoms with Gasteiger partial charge in [-0.2, -0.15) is 0 Å². The molecular formula is C16H21NO3. The third kappa shape index (κ3) is 2.42. The number of carbonyl (C=O) groups excluding carboxylic acids is 2. The van der Waals surface area contributed by atoms with Gasteiger partial charge in [0.2, 0.25) is 5.91 Å². The van der Waals surface area contributed by atoms with Crippen molar-refractivity contribution in [1.82, 2.24) is 5.32 Å². The van der Waals surface area contributed by atoms with E-state index in [4.69, 9.17) is 4.74 Å². The maximum absolute atomic E-state index is 12.1. The predicted molar refractivity (Wildman–Crippen MR) is 76.4 cm³/mol. The highest BCUT2D eigenvalue weighted by Crippen LogP contribution is 2.38. The first-order valence-electron chi connectivity index (χ1n) is 6.92. The molecule has 2 atom stereocenters. The number of aryl methyl sites for hydroxylation is 2. The zero-order valence-corrected chi connectivity index (χ0v) is 12.4. The van der Waals surface area contributed by atoms with Gasteiger partial charge < -0.3 is 10.1 Å². The molecule has 0 saturated carbocycles. The first-order valence-corrected chi connectivity index (χ1v) is 6.92. The number of esters is 1. The average molecular weight is 275 g/mol. The molecule has 4 nitrogen and oxygen atoms in total. The first-order chi connectivity index (χ1) is 9.38. The molecule has 1 amide bonds. The molecular weight excluding hydrogens is 254 g/mol. The average Bonchev–Trinajstić information content (AvgIpc) is 2.65. The van der Waals surface area contributed by atoms with Crippen molar-refractivity contribution in [3.8, 4) is 0 Å². The molecule has 1 heterocycles. The Kier molecular flexibility index (Phi) is 3.84. The molecule has 1 aliphatic rings. The number of hydrogen-bond donors (Lipinski definition) is 1. The second-order valence-electron chi connectivity index (χ2n) is 5.67. The summed E-state index contributed by atoms with van der Waals surface area (Å²) in [5, 5.41) is 2.76. The number of rotatable bonds is 3. The first kappa shape index (κ1) is 14.6. The predicted octanol–water partition coefficient (Wildman–Crippen LogP) is 2.01. The minimum Gasteiger partial charge on any atom is -0.464 e. The van der Waals surface area contributed by atoms with E-state index in [1.165, 1.54) is 5.56 Å². The molecule has 20 heavy (non-hydrogen) atoms. The van der Waals surface area contributed by atoms with Crippen LogP contribution in [0.2, 0.25) is 0 Å². The van der Waals surface area contributed by atoms with Crippen LogP contribution in [0.3, 0.4) is 0 Å². The standard InChI is InChI=1S/C16H21NO3/c1-5-20-15(19)14-16(4,9-13(18)17-14)12-7-6-10(2)8-11(12)3/h6-8,14H,5,9H2,1-4H3,(H,17,18). The van der Waals surface area contributed by atoms with Crippen molar-refractivity contribution in [2.75, 3.05) is 6.61 Å². The highest BCUT2D eigenvalue weighted by atomic mass is 16.5. The van der Waals surface area contributed by atoms with Gasteiger partial charge in [-0.25, -0.2) is 4.79 Å². The number of amides is 1. The third-order valence-corrected chi connectivity index (χ3v) is 3.99. The maximum Gasteiger partial charge on any atom is 0.329 e. The molecule has 0 aliphatic carbocycles. The van der Waals surface area contributed by atoms with Crippen LogP contribution in [-0.4, -0.2) is 24.5 Å². The topological polar surface area (TPSA) is 55.4 Å². The molecule has 1 aromatic rings. The molecule has 108 valence electrons. The summed E-state index contributed by atoms with van der Waals surface area (Å²) in [6.45, 7) is 8.07. The van der Waals surface area contributed by atoms with Crippen molar-refractivity contribution in [3.05, 3.63) is 34.9 Å². The SMILES string of the molecule is CCOC(=O)C1NC(=O)CC1(C)c1ccc(C)cc1C. The summed E-state index contributed by atoms with van der Waals surface area (Å²) in [5.74, 6) is -0.466. The molecule has 0 radical (unpaired) electrons. The Morgan fingerprint density at radius 3 is 2.75 bits per heavy atom. The lowest BCUT2D eigenvalue weighted by Gasteiger charge is -2.30. The number of ether oxygens (including phenoxy) is 1. The lowest BCUT2D eigenvalue weighted by molar-refractivity contribution is -0.147. The van der Waals surface area contributed by atoms with Crippen molar-refractivity contribution in [2.45, 2.75) is 45.6 Å². The zero-order chi connectivity index (χ0) is 14.9. The molecule has 1 aliphatic heterocycles. The molecule has 1 aromatic carbocycles. The fourth-order valence-electron chi connectivity index (χ4n) is 3.06. The summed E-state index contributed by atoms with van der Waals surface area (Å²) in [5.41, 5.74) is 2.74. The lowest BCUT2D eigenvalue weighted by Crippen LogP contribution is -2.46. The smallest absolute Gasteiger partial charge is 0.329 e. The molecule has 1 N–H and O–H groups in total. The van der Waals surface area contributed by atoms with Crippen LogP contribution < -0.4 is 5.32 Å². The quantitative estimate of drug-likeness (QED) is 0.859. The second-order valence-corrected chi connectivity index (χ2v) is 5.67. The summed E-state index contributed by atoms with van der Waals surface area (Å²) in [6, 6.07) is 5.48. The van der Waals surface area contributed by atoms with Gasteiger partial charge in [-0.1, -0.05) is 30.7 Å². The molecule has 1 fully saturated rings. The Labute approximate surface area is 119 Å². The summed E-state index contributed by atoms with van der Waals surface area (Å²) in [6.07, 6.45) is 0.306. The van der Waals surface area contributed by atoms with Gasteiger partial charge in [-0.15, -0.1) is 0 Å². The molecule has 0 aromatic heterocycles. The summed E-state index contributed by atoms with van der Waals surface area (Å²) in [4.78, 5) is 23.9. The molecule has 2 unspecified atom stereocenters. The highest BCUT2D eigenvalue weighted by molar-refractivity contribution is 5.91.